The molecule has 0 amide bonds. The molecule has 0 aliphatic carbocycles. The second-order valence-corrected chi connectivity index (χ2v) is 3.36. The van der Waals surface area contributed by atoms with Gasteiger partial charge in [-0.2, -0.15) is 9.90 Å². The van der Waals surface area contributed by atoms with E-state index in [2.05, 4.69) is 4.74 Å². The number of cyclic esters (lactones) is 2. The number of carbonyl (C=O) groups excluding carboxylic acids is 3. The summed E-state index contributed by atoms with van der Waals surface area (Å²) in [6.45, 7) is 2.59. The maximum absolute atomic E-state index is 10.8. The summed E-state index contributed by atoms with van der Waals surface area (Å²) in [5.74, 6) is -0.969. The average molecular weight is 261 g/mol. The predicted octanol–water partition coefficient (Wildman–Crippen LogP) is 1.22. The van der Waals surface area contributed by atoms with Crippen LogP contribution in [0.15, 0.2) is 0 Å². The Morgan fingerprint density at radius 1 is 1.11 bits per heavy atom. The fourth-order valence-corrected chi connectivity index (χ4v) is 1.09. The molecule has 7 nitrogen and oxygen atoms in total. The van der Waals surface area contributed by atoms with Gasteiger partial charge in [0, 0.05) is 0 Å². The van der Waals surface area contributed by atoms with Gasteiger partial charge in [0.2, 0.25) is 0 Å². The number of rotatable bonds is 1. The molecule has 0 atom stereocenters. The summed E-state index contributed by atoms with van der Waals surface area (Å²) < 4.78 is 13.3. The van der Waals surface area contributed by atoms with Gasteiger partial charge in [-0.3, -0.25) is 9.59 Å². The molecule has 1 heterocycles. The summed E-state index contributed by atoms with van der Waals surface area (Å²) in [5.41, 5.74) is 0. The molecule has 103 valence electrons. The van der Waals surface area contributed by atoms with E-state index >= 15 is 0 Å². The maximum Gasteiger partial charge on any atom is 0.549 e. The molecular weight excluding hydrogens is 244 g/mol. The number of hydrogen-bond donors (Lipinski definition) is 0. The first kappa shape index (κ1) is 16.2. The summed E-state index contributed by atoms with van der Waals surface area (Å²) in [7, 11) is 0. The minimum Gasteiger partial charge on any atom is -0.465 e. The molecule has 1 aliphatic heterocycles. The molecule has 0 N–H and O–H groups in total. The topological polar surface area (TPSA) is 98.8 Å². The van der Waals surface area contributed by atoms with Crippen LogP contribution in [0.3, 0.4) is 0 Å². The van der Waals surface area contributed by atoms with Crippen LogP contribution < -0.4 is 0 Å². The molecule has 7 heteroatoms. The molecular formula is C11H17O7. The zero-order chi connectivity index (χ0) is 13.8. The molecule has 1 fully saturated rings. The van der Waals surface area contributed by atoms with Crippen molar-refractivity contribution in [2.45, 2.75) is 32.6 Å². The number of hydrogen-bond acceptors (Lipinski definition) is 6. The van der Waals surface area contributed by atoms with Crippen molar-refractivity contribution in [2.75, 3.05) is 19.8 Å². The molecule has 1 radical (unpaired) electrons. The minimum absolute atomic E-state index is 0.169. The quantitative estimate of drug-likeness (QED) is 0.400. The van der Waals surface area contributed by atoms with Gasteiger partial charge >= 0.3 is 18.1 Å². The Morgan fingerprint density at radius 2 is 1.61 bits per heavy atom. The van der Waals surface area contributed by atoms with E-state index in [0.29, 0.717) is 13.2 Å². The minimum atomic E-state index is -1.46. The van der Waals surface area contributed by atoms with Crippen molar-refractivity contribution in [1.82, 2.24) is 0 Å². The molecule has 0 aromatic heterocycles. The molecule has 1 rings (SSSR count). The van der Waals surface area contributed by atoms with Crippen LogP contribution in [-0.2, 0) is 28.9 Å². The highest BCUT2D eigenvalue weighted by Gasteiger charge is 2.12. The van der Waals surface area contributed by atoms with E-state index in [-0.39, 0.29) is 13.0 Å². The Labute approximate surface area is 105 Å². The first-order valence-electron chi connectivity index (χ1n) is 5.71. The first-order chi connectivity index (χ1) is 8.56. The lowest BCUT2D eigenvalue weighted by molar-refractivity contribution is -0.155. The van der Waals surface area contributed by atoms with Crippen molar-refractivity contribution in [1.29, 1.82) is 0 Å². The lowest BCUT2D eigenvalue weighted by Gasteiger charge is -2.08. The van der Waals surface area contributed by atoms with Gasteiger partial charge in [-0.1, -0.05) is 0 Å². The van der Waals surface area contributed by atoms with Crippen molar-refractivity contribution >= 4 is 18.1 Å². The third-order valence-corrected chi connectivity index (χ3v) is 1.87. The second-order valence-electron chi connectivity index (χ2n) is 3.36. The van der Waals surface area contributed by atoms with Gasteiger partial charge in [-0.05, 0) is 26.2 Å². The van der Waals surface area contributed by atoms with E-state index in [0.717, 1.165) is 19.3 Å². The lowest BCUT2D eigenvalue weighted by atomic mass is 10.2. The lowest BCUT2D eigenvalue weighted by Crippen LogP contribution is -2.16. The zero-order valence-electron chi connectivity index (χ0n) is 10.3. The molecule has 0 saturated carbocycles. The van der Waals surface area contributed by atoms with Crippen LogP contribution in [0.25, 0.3) is 0 Å². The van der Waals surface area contributed by atoms with Crippen LogP contribution in [0.4, 0.5) is 4.79 Å². The van der Waals surface area contributed by atoms with Gasteiger partial charge in [-0.25, -0.2) is 0 Å². The van der Waals surface area contributed by atoms with Gasteiger partial charge in [0.15, 0.2) is 0 Å². The highest BCUT2D eigenvalue weighted by molar-refractivity contribution is 5.91. The molecule has 18 heavy (non-hydrogen) atoms. The third-order valence-electron chi connectivity index (χ3n) is 1.87. The van der Waals surface area contributed by atoms with Crippen molar-refractivity contribution in [3.63, 3.8) is 0 Å². The van der Waals surface area contributed by atoms with Gasteiger partial charge in [-0.15, -0.1) is 0 Å². The number of esters is 2. The van der Waals surface area contributed by atoms with Crippen molar-refractivity contribution in [2.24, 2.45) is 0 Å². The Kier molecular flexibility index (Phi) is 9.34. The van der Waals surface area contributed by atoms with Crippen LogP contribution >= 0.6 is 0 Å². The van der Waals surface area contributed by atoms with E-state index in [1.54, 1.807) is 6.92 Å². The SMILES string of the molecule is CCOC([O])=O.O=C1CC(=O)OCCCCCO1. The molecule has 1 aliphatic rings. The van der Waals surface area contributed by atoms with Gasteiger partial charge in [0.25, 0.3) is 0 Å². The van der Waals surface area contributed by atoms with Gasteiger partial charge in [0.05, 0.1) is 19.8 Å². The molecule has 1 saturated heterocycles. The normalized spacial score (nSPS) is 16.5. The summed E-state index contributed by atoms with van der Waals surface area (Å²) in [5, 5.41) is 9.27. The third kappa shape index (κ3) is 10.7. The molecule has 0 bridgehead atoms. The van der Waals surface area contributed by atoms with Crippen LogP contribution in [0, 0.1) is 0 Å². The second kappa shape index (κ2) is 10.4. The van der Waals surface area contributed by atoms with Crippen LogP contribution in [0.5, 0.6) is 0 Å². The largest absolute Gasteiger partial charge is 0.549 e. The fourth-order valence-electron chi connectivity index (χ4n) is 1.09. The Bertz CT molecular complexity index is 257. The molecule has 0 aromatic rings. The standard InChI is InChI=1S/C8H12O4.C3H5O3/c9-7-6-8(10)12-5-3-1-2-4-11-7;1-2-6-3(4)5/h1-6H2;2H2,1H3. The Morgan fingerprint density at radius 3 is 1.94 bits per heavy atom. The number of carbonyl (C=O) groups is 3. The van der Waals surface area contributed by atoms with E-state index in [1.807, 2.05) is 0 Å². The summed E-state index contributed by atoms with van der Waals surface area (Å²) >= 11 is 0. The highest BCUT2D eigenvalue weighted by atomic mass is 16.7. The molecule has 0 aromatic carbocycles. The van der Waals surface area contributed by atoms with E-state index in [1.165, 1.54) is 0 Å². The zero-order valence-corrected chi connectivity index (χ0v) is 10.3. The first-order valence-corrected chi connectivity index (χ1v) is 5.71. The predicted molar refractivity (Wildman–Crippen MR) is 58.1 cm³/mol. The molecule has 0 unspecified atom stereocenters. The Balaban J connectivity index is 0.000000411. The summed E-state index contributed by atoms with van der Waals surface area (Å²) in [6, 6.07) is 0. The smallest absolute Gasteiger partial charge is 0.465 e. The fraction of sp³-hybridized carbons (Fsp3) is 0.727. The van der Waals surface area contributed by atoms with Crippen LogP contribution in [0.2, 0.25) is 0 Å². The summed E-state index contributed by atoms with van der Waals surface area (Å²) in [4.78, 5) is 30.8. The van der Waals surface area contributed by atoms with Crippen LogP contribution in [0.1, 0.15) is 32.6 Å². The van der Waals surface area contributed by atoms with E-state index in [9.17, 15) is 19.5 Å². The Hall–Kier alpha value is -1.79. The number of ether oxygens (including phenoxy) is 3. The highest BCUT2D eigenvalue weighted by Crippen LogP contribution is 2.02. The average Bonchev–Trinajstić information content (AvgIpc) is 2.28. The van der Waals surface area contributed by atoms with Crippen molar-refractivity contribution in [3.8, 4) is 0 Å². The monoisotopic (exact) mass is 261 g/mol. The van der Waals surface area contributed by atoms with Crippen LogP contribution in [-0.4, -0.2) is 37.9 Å². The van der Waals surface area contributed by atoms with E-state index in [4.69, 9.17) is 9.47 Å². The van der Waals surface area contributed by atoms with Crippen molar-refractivity contribution < 1.29 is 33.7 Å². The molecule has 0 spiro atoms. The van der Waals surface area contributed by atoms with Gasteiger partial charge < -0.3 is 14.2 Å². The van der Waals surface area contributed by atoms with E-state index < -0.39 is 18.1 Å². The maximum atomic E-state index is 10.8. The van der Waals surface area contributed by atoms with Gasteiger partial charge in [0.1, 0.15) is 6.42 Å². The summed E-state index contributed by atoms with van der Waals surface area (Å²) in [6.07, 6.45) is 0.921. The van der Waals surface area contributed by atoms with Crippen molar-refractivity contribution in [3.05, 3.63) is 0 Å².